The van der Waals surface area contributed by atoms with Crippen molar-refractivity contribution >= 4 is 23.0 Å². The quantitative estimate of drug-likeness (QED) is 0.642. The highest BCUT2D eigenvalue weighted by molar-refractivity contribution is 5.91. The molecular weight excluding hydrogens is 330 g/mol. The average molecular weight is 351 g/mol. The predicted octanol–water partition coefficient (Wildman–Crippen LogP) is 2.95. The Labute approximate surface area is 151 Å². The lowest BCUT2D eigenvalue weighted by Crippen LogP contribution is -2.23. The molecule has 3 aromatic rings. The summed E-state index contributed by atoms with van der Waals surface area (Å²) >= 11 is 0. The van der Waals surface area contributed by atoms with Gasteiger partial charge in [0, 0.05) is 19.0 Å². The molecule has 6 nitrogen and oxygen atoms in total. The van der Waals surface area contributed by atoms with E-state index in [0.717, 1.165) is 22.4 Å². The van der Waals surface area contributed by atoms with Crippen LogP contribution in [0.5, 0.6) is 11.5 Å². The third kappa shape index (κ3) is 4.22. The zero-order valence-corrected chi connectivity index (χ0v) is 14.8. The van der Waals surface area contributed by atoms with E-state index < -0.39 is 0 Å². The number of hydrogen-bond acceptors (Lipinski definition) is 4. The van der Waals surface area contributed by atoms with Gasteiger partial charge >= 0.3 is 0 Å². The van der Waals surface area contributed by atoms with Gasteiger partial charge in [-0.25, -0.2) is 4.98 Å². The molecule has 0 aliphatic carbocycles. The molecule has 3 rings (SSSR count). The van der Waals surface area contributed by atoms with Crippen LogP contribution in [0.15, 0.2) is 48.5 Å². The maximum absolute atomic E-state index is 12.0. The van der Waals surface area contributed by atoms with Gasteiger partial charge < -0.3 is 19.8 Å². The van der Waals surface area contributed by atoms with Crippen molar-refractivity contribution in [3.05, 3.63) is 59.9 Å². The summed E-state index contributed by atoms with van der Waals surface area (Å²) < 4.78 is 10.4. The Hall–Kier alpha value is -3.28. The first kappa shape index (κ1) is 17.5. The number of carbonyl (C=O) groups is 1. The average Bonchev–Trinajstić information content (AvgIpc) is 3.08. The Balaban J connectivity index is 1.53. The molecule has 6 heteroatoms. The highest BCUT2D eigenvalue weighted by atomic mass is 16.5. The molecule has 26 heavy (non-hydrogen) atoms. The van der Waals surface area contributed by atoms with Gasteiger partial charge in [-0.15, -0.1) is 0 Å². The van der Waals surface area contributed by atoms with E-state index in [1.165, 1.54) is 6.08 Å². The molecule has 0 bridgehead atoms. The Bertz CT molecular complexity index is 898. The fourth-order valence-corrected chi connectivity index (χ4v) is 2.62. The molecular formula is C20H21N3O3. The summed E-state index contributed by atoms with van der Waals surface area (Å²) in [5.41, 5.74) is 2.79. The van der Waals surface area contributed by atoms with Crippen LogP contribution in [0.2, 0.25) is 0 Å². The van der Waals surface area contributed by atoms with Gasteiger partial charge in [-0.05, 0) is 35.9 Å². The molecule has 0 radical (unpaired) electrons. The standard InChI is InChI=1S/C20H21N3O3/c1-25-17-9-7-14(13-18(17)26-2)8-10-20(24)21-12-11-19-22-15-5-3-4-6-16(15)23-19/h3-10,13H,11-12H2,1-2H3,(H,21,24)(H,22,23). The normalized spacial score (nSPS) is 11.0. The molecule has 0 atom stereocenters. The molecule has 0 fully saturated rings. The molecule has 0 spiro atoms. The van der Waals surface area contributed by atoms with E-state index in [4.69, 9.17) is 9.47 Å². The monoisotopic (exact) mass is 351 g/mol. The lowest BCUT2D eigenvalue weighted by Gasteiger charge is -2.07. The highest BCUT2D eigenvalue weighted by Crippen LogP contribution is 2.27. The van der Waals surface area contributed by atoms with E-state index in [2.05, 4.69) is 15.3 Å². The summed E-state index contributed by atoms with van der Waals surface area (Å²) in [6, 6.07) is 13.3. The van der Waals surface area contributed by atoms with Crippen LogP contribution in [-0.2, 0) is 11.2 Å². The van der Waals surface area contributed by atoms with Crippen molar-refractivity contribution in [3.63, 3.8) is 0 Å². The lowest BCUT2D eigenvalue weighted by atomic mass is 10.2. The van der Waals surface area contributed by atoms with Crippen LogP contribution in [-0.4, -0.2) is 36.6 Å². The molecule has 1 heterocycles. The van der Waals surface area contributed by atoms with E-state index in [0.29, 0.717) is 24.5 Å². The van der Waals surface area contributed by atoms with Gasteiger partial charge in [0.05, 0.1) is 25.3 Å². The smallest absolute Gasteiger partial charge is 0.244 e. The number of fused-ring (bicyclic) bond motifs is 1. The molecule has 0 aliphatic heterocycles. The number of amides is 1. The number of nitrogens with one attached hydrogen (secondary N) is 2. The number of nitrogens with zero attached hydrogens (tertiary/aromatic N) is 1. The number of H-pyrrole nitrogens is 1. The molecule has 0 aliphatic rings. The van der Waals surface area contributed by atoms with Gasteiger partial charge in [0.2, 0.25) is 5.91 Å². The molecule has 0 saturated heterocycles. The zero-order chi connectivity index (χ0) is 18.4. The first-order chi connectivity index (χ1) is 12.7. The molecule has 0 unspecified atom stereocenters. The number of aromatic nitrogens is 2. The van der Waals surface area contributed by atoms with Crippen molar-refractivity contribution in [2.24, 2.45) is 0 Å². The van der Waals surface area contributed by atoms with Crippen molar-refractivity contribution in [2.75, 3.05) is 20.8 Å². The lowest BCUT2D eigenvalue weighted by molar-refractivity contribution is -0.116. The third-order valence-electron chi connectivity index (χ3n) is 3.93. The first-order valence-electron chi connectivity index (χ1n) is 8.31. The van der Waals surface area contributed by atoms with Crippen LogP contribution >= 0.6 is 0 Å². The number of methoxy groups -OCH3 is 2. The van der Waals surface area contributed by atoms with Gasteiger partial charge in [-0.2, -0.15) is 0 Å². The van der Waals surface area contributed by atoms with Gasteiger partial charge in [0.15, 0.2) is 11.5 Å². The molecule has 134 valence electrons. The third-order valence-corrected chi connectivity index (χ3v) is 3.93. The van der Waals surface area contributed by atoms with Gasteiger partial charge in [-0.3, -0.25) is 4.79 Å². The van der Waals surface area contributed by atoms with Crippen LogP contribution < -0.4 is 14.8 Å². The minimum absolute atomic E-state index is 0.157. The number of ether oxygens (including phenoxy) is 2. The fourth-order valence-electron chi connectivity index (χ4n) is 2.62. The number of aromatic amines is 1. The van der Waals surface area contributed by atoms with Gasteiger partial charge in [0.25, 0.3) is 0 Å². The van der Waals surface area contributed by atoms with Crippen LogP contribution in [0.4, 0.5) is 0 Å². The SMILES string of the molecule is COc1ccc(C=CC(=O)NCCc2nc3ccccc3[nH]2)cc1OC. The molecule has 1 aromatic heterocycles. The summed E-state index contributed by atoms with van der Waals surface area (Å²) in [7, 11) is 3.17. The zero-order valence-electron chi connectivity index (χ0n) is 14.8. The van der Waals surface area contributed by atoms with Crippen molar-refractivity contribution in [2.45, 2.75) is 6.42 Å². The van der Waals surface area contributed by atoms with Gasteiger partial charge in [0.1, 0.15) is 5.82 Å². The second kappa shape index (κ2) is 8.20. The second-order valence-electron chi connectivity index (χ2n) is 5.69. The summed E-state index contributed by atoms with van der Waals surface area (Å²) in [5.74, 6) is 1.98. The summed E-state index contributed by atoms with van der Waals surface area (Å²) in [4.78, 5) is 19.7. The minimum Gasteiger partial charge on any atom is -0.493 e. The Morgan fingerprint density at radius 1 is 1.15 bits per heavy atom. The molecule has 0 saturated carbocycles. The predicted molar refractivity (Wildman–Crippen MR) is 101 cm³/mol. The number of imidazole rings is 1. The van der Waals surface area contributed by atoms with Crippen LogP contribution in [0, 0.1) is 0 Å². The molecule has 2 N–H and O–H groups in total. The van der Waals surface area contributed by atoms with E-state index >= 15 is 0 Å². The summed E-state index contributed by atoms with van der Waals surface area (Å²) in [6.07, 6.45) is 3.88. The summed E-state index contributed by atoms with van der Waals surface area (Å²) in [6.45, 7) is 0.509. The largest absolute Gasteiger partial charge is 0.493 e. The Morgan fingerprint density at radius 3 is 2.73 bits per heavy atom. The Morgan fingerprint density at radius 2 is 1.96 bits per heavy atom. The maximum atomic E-state index is 12.0. The maximum Gasteiger partial charge on any atom is 0.244 e. The van der Waals surface area contributed by atoms with Crippen molar-refractivity contribution in [1.29, 1.82) is 0 Å². The van der Waals surface area contributed by atoms with Crippen molar-refractivity contribution < 1.29 is 14.3 Å². The number of rotatable bonds is 7. The number of carbonyl (C=O) groups excluding carboxylic acids is 1. The first-order valence-corrected chi connectivity index (χ1v) is 8.31. The van der Waals surface area contributed by atoms with Crippen LogP contribution in [0.1, 0.15) is 11.4 Å². The minimum atomic E-state index is -0.157. The van der Waals surface area contributed by atoms with E-state index in [1.54, 1.807) is 26.4 Å². The van der Waals surface area contributed by atoms with E-state index in [9.17, 15) is 4.79 Å². The Kier molecular flexibility index (Phi) is 5.53. The molecule has 1 amide bonds. The van der Waals surface area contributed by atoms with Crippen molar-refractivity contribution in [1.82, 2.24) is 15.3 Å². The number of para-hydroxylation sites is 2. The van der Waals surface area contributed by atoms with Gasteiger partial charge in [-0.1, -0.05) is 18.2 Å². The number of hydrogen-bond donors (Lipinski definition) is 2. The van der Waals surface area contributed by atoms with Crippen LogP contribution in [0.3, 0.4) is 0 Å². The van der Waals surface area contributed by atoms with Crippen molar-refractivity contribution in [3.8, 4) is 11.5 Å². The number of benzene rings is 2. The highest BCUT2D eigenvalue weighted by Gasteiger charge is 2.04. The fraction of sp³-hybridized carbons (Fsp3) is 0.200. The van der Waals surface area contributed by atoms with Crippen LogP contribution in [0.25, 0.3) is 17.1 Å². The second-order valence-corrected chi connectivity index (χ2v) is 5.69. The van der Waals surface area contributed by atoms with E-state index in [1.807, 2.05) is 36.4 Å². The molecule has 2 aromatic carbocycles. The summed E-state index contributed by atoms with van der Waals surface area (Å²) in [5, 5.41) is 2.86. The topological polar surface area (TPSA) is 76.2 Å². The van der Waals surface area contributed by atoms with E-state index in [-0.39, 0.29) is 5.91 Å².